The second-order valence-electron chi connectivity index (χ2n) is 9.45. The molecule has 0 bridgehead atoms. The predicted molar refractivity (Wildman–Crippen MR) is 122 cm³/mol. The largest absolute Gasteiger partial charge is 0.493 e. The van der Waals surface area contributed by atoms with Crippen LogP contribution in [-0.4, -0.2) is 41.0 Å². The van der Waals surface area contributed by atoms with Crippen LogP contribution in [0.4, 0.5) is 13.2 Å². The molecule has 188 valence electrons. The molecular formula is C24H24F3NO6S. The Bertz CT molecular complexity index is 1460. The highest BCUT2D eigenvalue weighted by molar-refractivity contribution is 7.85. The van der Waals surface area contributed by atoms with E-state index in [-0.39, 0.29) is 34.3 Å². The number of benzene rings is 2. The Morgan fingerprint density at radius 2 is 1.80 bits per heavy atom. The summed E-state index contributed by atoms with van der Waals surface area (Å²) in [6.07, 6.45) is -4.39. The summed E-state index contributed by atoms with van der Waals surface area (Å²) in [4.78, 5) is 11.7. The van der Waals surface area contributed by atoms with Gasteiger partial charge in [-0.25, -0.2) is 0 Å². The Morgan fingerprint density at radius 3 is 2.46 bits per heavy atom. The van der Waals surface area contributed by atoms with Gasteiger partial charge in [0.15, 0.2) is 11.0 Å². The Balaban J connectivity index is 1.81. The van der Waals surface area contributed by atoms with Crippen LogP contribution < -0.4 is 10.2 Å². The van der Waals surface area contributed by atoms with Gasteiger partial charge in [0.2, 0.25) is 0 Å². The Labute approximate surface area is 199 Å². The summed E-state index contributed by atoms with van der Waals surface area (Å²) in [6, 6.07) is 9.62. The van der Waals surface area contributed by atoms with Gasteiger partial charge >= 0.3 is 6.18 Å². The number of aliphatic hydroxyl groups is 1. The van der Waals surface area contributed by atoms with E-state index in [0.717, 1.165) is 12.1 Å². The van der Waals surface area contributed by atoms with Crippen LogP contribution in [-0.2, 0) is 28.5 Å². The molecule has 11 heteroatoms. The number of fused-ring (bicyclic) bond motifs is 2. The van der Waals surface area contributed by atoms with Crippen molar-refractivity contribution in [3.63, 3.8) is 0 Å². The van der Waals surface area contributed by atoms with Crippen LogP contribution >= 0.6 is 0 Å². The molecule has 2 heterocycles. The van der Waals surface area contributed by atoms with Gasteiger partial charge < -0.3 is 14.4 Å². The third kappa shape index (κ3) is 4.67. The minimum absolute atomic E-state index is 0.132. The minimum atomic E-state index is -5.07. The molecule has 4 rings (SSSR count). The highest BCUT2D eigenvalue weighted by Crippen LogP contribution is 2.47. The van der Waals surface area contributed by atoms with E-state index in [0.29, 0.717) is 12.0 Å². The molecule has 2 aromatic carbocycles. The summed E-state index contributed by atoms with van der Waals surface area (Å²) < 4.78 is 83.0. The van der Waals surface area contributed by atoms with Gasteiger partial charge in [0.25, 0.3) is 10.1 Å². The van der Waals surface area contributed by atoms with E-state index in [4.69, 9.17) is 4.74 Å². The lowest BCUT2D eigenvalue weighted by Gasteiger charge is -2.39. The zero-order chi connectivity index (χ0) is 25.8. The number of aromatic nitrogens is 1. The molecule has 35 heavy (non-hydrogen) atoms. The van der Waals surface area contributed by atoms with E-state index < -0.39 is 45.2 Å². The topological polar surface area (TPSA) is 106 Å². The first kappa shape index (κ1) is 25.2. The smallest absolute Gasteiger partial charge is 0.418 e. The number of nitrogens with zero attached hydrogens (tertiary/aromatic N) is 1. The van der Waals surface area contributed by atoms with E-state index >= 15 is 0 Å². The van der Waals surface area contributed by atoms with Crippen molar-refractivity contribution in [2.24, 2.45) is 0 Å². The summed E-state index contributed by atoms with van der Waals surface area (Å²) in [5.41, 5.74) is -4.24. The molecule has 0 spiro atoms. The third-order valence-corrected chi connectivity index (χ3v) is 7.19. The fourth-order valence-electron chi connectivity index (χ4n) is 4.68. The molecule has 0 saturated carbocycles. The molecular weight excluding hydrogens is 487 g/mol. The van der Waals surface area contributed by atoms with Crippen molar-refractivity contribution in [2.75, 3.05) is 6.61 Å². The molecule has 7 nitrogen and oxygen atoms in total. The molecule has 1 aromatic heterocycles. The van der Waals surface area contributed by atoms with Crippen LogP contribution in [0.25, 0.3) is 10.9 Å². The number of ether oxygens (including phenoxy) is 1. The van der Waals surface area contributed by atoms with Crippen molar-refractivity contribution in [2.45, 2.75) is 55.3 Å². The van der Waals surface area contributed by atoms with Crippen molar-refractivity contribution in [3.8, 4) is 5.75 Å². The number of para-hydroxylation sites is 1. The summed E-state index contributed by atoms with van der Waals surface area (Å²) in [7, 11) is -4.63. The average Bonchev–Trinajstić information content (AvgIpc) is 3.22. The summed E-state index contributed by atoms with van der Waals surface area (Å²) in [6.45, 7) is 2.19. The number of halogens is 3. The van der Waals surface area contributed by atoms with Gasteiger partial charge in [0.1, 0.15) is 5.75 Å². The first-order valence-electron chi connectivity index (χ1n) is 10.8. The number of hydrogen-bond acceptors (Lipinski definition) is 5. The zero-order valence-corrected chi connectivity index (χ0v) is 19.8. The Hall–Kier alpha value is -2.89. The molecule has 2 N–H and O–H groups in total. The molecule has 0 fully saturated rings. The van der Waals surface area contributed by atoms with Crippen LogP contribution in [0.5, 0.6) is 5.75 Å². The van der Waals surface area contributed by atoms with Crippen LogP contribution in [0.1, 0.15) is 31.4 Å². The lowest BCUT2D eigenvalue weighted by molar-refractivity contribution is -0.271. The first-order valence-corrected chi connectivity index (χ1v) is 12.2. The molecule has 3 aromatic rings. The molecule has 1 aliphatic heterocycles. The van der Waals surface area contributed by atoms with Crippen LogP contribution in [0.15, 0.2) is 58.4 Å². The molecule has 0 saturated heterocycles. The molecule has 1 unspecified atom stereocenters. The lowest BCUT2D eigenvalue weighted by Crippen LogP contribution is -2.52. The standard InChI is InChI=1S/C24H24F3NO6S/c1-22(2,18-12-16(35(31,32)33)11-15-8-10-34-21(15)18)13-23(30,24(25,26)27)14-28-9-7-20(29)17-5-3-4-6-19(17)28/h3-7,9,11-12,30H,8,10,13-14H2,1-2H3,(H,31,32,33). The fraction of sp³-hybridized carbons (Fsp3) is 0.375. The zero-order valence-electron chi connectivity index (χ0n) is 19.0. The highest BCUT2D eigenvalue weighted by atomic mass is 32.2. The van der Waals surface area contributed by atoms with Crippen molar-refractivity contribution in [1.29, 1.82) is 0 Å². The normalized spacial score (nSPS) is 16.1. The third-order valence-electron chi connectivity index (χ3n) is 6.36. The van der Waals surface area contributed by atoms with E-state index in [1.54, 1.807) is 12.1 Å². The van der Waals surface area contributed by atoms with Crippen molar-refractivity contribution in [1.82, 2.24) is 4.57 Å². The van der Waals surface area contributed by atoms with Gasteiger partial charge in [-0.3, -0.25) is 9.35 Å². The Kier molecular flexibility index (Phi) is 6.02. The second-order valence-corrected chi connectivity index (χ2v) is 10.9. The van der Waals surface area contributed by atoms with E-state index in [9.17, 15) is 36.0 Å². The molecule has 0 radical (unpaired) electrons. The average molecular weight is 512 g/mol. The van der Waals surface area contributed by atoms with E-state index in [2.05, 4.69) is 0 Å². The maximum absolute atomic E-state index is 14.4. The van der Waals surface area contributed by atoms with Gasteiger partial charge in [-0.2, -0.15) is 21.6 Å². The van der Waals surface area contributed by atoms with Crippen LogP contribution in [0, 0.1) is 0 Å². The monoisotopic (exact) mass is 511 g/mol. The lowest BCUT2D eigenvalue weighted by atomic mass is 9.74. The maximum atomic E-state index is 14.4. The summed E-state index contributed by atoms with van der Waals surface area (Å²) >= 11 is 0. The second kappa shape index (κ2) is 8.35. The number of pyridine rings is 1. The van der Waals surface area contributed by atoms with Gasteiger partial charge in [0, 0.05) is 29.6 Å². The van der Waals surface area contributed by atoms with Crippen LogP contribution in [0.2, 0.25) is 0 Å². The number of hydrogen-bond donors (Lipinski definition) is 2. The minimum Gasteiger partial charge on any atom is -0.493 e. The van der Waals surface area contributed by atoms with E-state index in [1.165, 1.54) is 42.8 Å². The summed E-state index contributed by atoms with van der Waals surface area (Å²) in [5.74, 6) is 0.251. The van der Waals surface area contributed by atoms with Gasteiger partial charge in [0.05, 0.1) is 23.6 Å². The van der Waals surface area contributed by atoms with Crippen molar-refractivity contribution >= 4 is 21.0 Å². The summed E-state index contributed by atoms with van der Waals surface area (Å²) in [5, 5.41) is 11.3. The van der Waals surface area contributed by atoms with Gasteiger partial charge in [-0.1, -0.05) is 26.0 Å². The van der Waals surface area contributed by atoms with Crippen LogP contribution in [0.3, 0.4) is 0 Å². The molecule has 1 aliphatic rings. The highest BCUT2D eigenvalue weighted by Gasteiger charge is 2.56. The van der Waals surface area contributed by atoms with Gasteiger partial charge in [-0.15, -0.1) is 0 Å². The molecule has 0 amide bonds. The molecule has 1 atom stereocenters. The first-order chi connectivity index (χ1) is 16.1. The quantitative estimate of drug-likeness (QED) is 0.487. The fourth-order valence-corrected chi connectivity index (χ4v) is 5.24. The number of alkyl halides is 3. The van der Waals surface area contributed by atoms with Gasteiger partial charge in [-0.05, 0) is 41.7 Å². The molecule has 0 aliphatic carbocycles. The number of rotatable bonds is 6. The Morgan fingerprint density at radius 1 is 1.11 bits per heavy atom. The van der Waals surface area contributed by atoms with Crippen molar-refractivity contribution < 1.29 is 36.0 Å². The van der Waals surface area contributed by atoms with Crippen molar-refractivity contribution in [3.05, 3.63) is 70.0 Å². The van der Waals surface area contributed by atoms with E-state index in [1.807, 2.05) is 0 Å². The SMILES string of the molecule is CC(C)(CC(O)(Cn1ccc(=O)c2ccccc21)C(F)(F)F)c1cc(S(=O)(=O)O)cc2c1OCC2. The predicted octanol–water partition coefficient (Wildman–Crippen LogP) is 3.84. The maximum Gasteiger partial charge on any atom is 0.418 e.